The summed E-state index contributed by atoms with van der Waals surface area (Å²) < 4.78 is 30.6. The minimum Gasteiger partial charge on any atom is -0.463 e. The number of fused-ring (bicyclic) bond motifs is 1. The molecule has 0 atom stereocenters. The Kier molecular flexibility index (Phi) is 1.65. The number of rotatable bonds is 0. The average Bonchev–Trinajstić information content (AvgIpc) is 2.48. The van der Waals surface area contributed by atoms with Gasteiger partial charge in [-0.3, -0.25) is 0 Å². The van der Waals surface area contributed by atoms with Gasteiger partial charge in [-0.05, 0) is 28.1 Å². The van der Waals surface area contributed by atoms with Crippen molar-refractivity contribution < 1.29 is 13.2 Å². The van der Waals surface area contributed by atoms with Crippen LogP contribution in [0.1, 0.15) is 0 Å². The van der Waals surface area contributed by atoms with Crippen molar-refractivity contribution in [1.82, 2.24) is 0 Å². The molecule has 62 valence electrons. The molecule has 0 aliphatic carbocycles. The van der Waals surface area contributed by atoms with Gasteiger partial charge in [-0.1, -0.05) is 0 Å². The summed E-state index contributed by atoms with van der Waals surface area (Å²) in [4.78, 5) is 0. The van der Waals surface area contributed by atoms with Crippen molar-refractivity contribution in [1.29, 1.82) is 0 Å². The van der Waals surface area contributed by atoms with E-state index in [-0.39, 0.29) is 4.47 Å². The first-order valence-electron chi connectivity index (χ1n) is 3.21. The number of halogens is 3. The first-order valence-corrected chi connectivity index (χ1v) is 4.00. The van der Waals surface area contributed by atoms with Gasteiger partial charge in [0.05, 0.1) is 10.7 Å². The zero-order valence-electron chi connectivity index (χ0n) is 5.77. The van der Waals surface area contributed by atoms with Crippen LogP contribution in [0.15, 0.2) is 27.3 Å². The van der Waals surface area contributed by atoms with Gasteiger partial charge in [0.25, 0.3) is 0 Å². The summed E-state index contributed by atoms with van der Waals surface area (Å²) in [6, 6.07) is 2.67. The van der Waals surface area contributed by atoms with Gasteiger partial charge in [0.15, 0.2) is 17.2 Å². The van der Waals surface area contributed by atoms with Crippen LogP contribution in [0.2, 0.25) is 0 Å². The molecule has 4 heteroatoms. The molecule has 0 saturated carbocycles. The molecule has 1 aromatic carbocycles. The van der Waals surface area contributed by atoms with Gasteiger partial charge < -0.3 is 4.42 Å². The maximum absolute atomic E-state index is 12.9. The maximum atomic E-state index is 12.9. The Morgan fingerprint density at radius 3 is 2.83 bits per heavy atom. The van der Waals surface area contributed by atoms with E-state index in [1.807, 2.05) is 0 Å². The largest absolute Gasteiger partial charge is 0.463 e. The summed E-state index contributed by atoms with van der Waals surface area (Å²) in [6.07, 6.45) is 1.38. The monoisotopic (exact) mass is 232 g/mol. The molecule has 2 aromatic rings. The first-order chi connectivity index (χ1) is 5.70. The highest BCUT2D eigenvalue weighted by atomic mass is 79.9. The average molecular weight is 233 g/mol. The number of furan rings is 1. The number of hydrogen-bond acceptors (Lipinski definition) is 1. The Morgan fingerprint density at radius 1 is 1.33 bits per heavy atom. The second-order valence-electron chi connectivity index (χ2n) is 2.33. The lowest BCUT2D eigenvalue weighted by Gasteiger charge is -1.96. The van der Waals surface area contributed by atoms with Crippen LogP contribution in [-0.4, -0.2) is 0 Å². The summed E-state index contributed by atoms with van der Waals surface area (Å²) in [7, 11) is 0. The van der Waals surface area contributed by atoms with Crippen LogP contribution in [0.3, 0.4) is 0 Å². The van der Waals surface area contributed by atoms with E-state index in [9.17, 15) is 8.78 Å². The molecule has 2 rings (SSSR count). The third-order valence-electron chi connectivity index (χ3n) is 1.58. The van der Waals surface area contributed by atoms with E-state index in [1.165, 1.54) is 6.26 Å². The Bertz CT molecular complexity index is 436. The van der Waals surface area contributed by atoms with E-state index in [1.54, 1.807) is 6.07 Å². The molecule has 1 nitrogen and oxygen atoms in total. The zero-order valence-corrected chi connectivity index (χ0v) is 7.36. The van der Waals surface area contributed by atoms with Crippen LogP contribution in [0.5, 0.6) is 0 Å². The highest BCUT2D eigenvalue weighted by Crippen LogP contribution is 2.29. The fourth-order valence-electron chi connectivity index (χ4n) is 1.02. The van der Waals surface area contributed by atoms with Crippen molar-refractivity contribution in [2.45, 2.75) is 0 Å². The van der Waals surface area contributed by atoms with E-state index in [2.05, 4.69) is 15.9 Å². The Labute approximate surface area is 75.1 Å². The van der Waals surface area contributed by atoms with Crippen LogP contribution in [0.4, 0.5) is 8.78 Å². The zero-order chi connectivity index (χ0) is 8.72. The molecule has 0 saturated heterocycles. The quantitative estimate of drug-likeness (QED) is 0.635. The van der Waals surface area contributed by atoms with Gasteiger partial charge in [-0.2, -0.15) is 0 Å². The predicted molar refractivity (Wildman–Crippen MR) is 43.8 cm³/mol. The fourth-order valence-corrected chi connectivity index (χ4v) is 1.53. The molecule has 12 heavy (non-hydrogen) atoms. The Balaban J connectivity index is 2.94. The molecular weight excluding hydrogens is 230 g/mol. The lowest BCUT2D eigenvalue weighted by atomic mass is 10.2. The van der Waals surface area contributed by atoms with E-state index >= 15 is 0 Å². The van der Waals surface area contributed by atoms with Crippen molar-refractivity contribution in [3.05, 3.63) is 34.5 Å². The highest BCUT2D eigenvalue weighted by molar-refractivity contribution is 9.10. The van der Waals surface area contributed by atoms with Gasteiger partial charge in [0.2, 0.25) is 0 Å². The van der Waals surface area contributed by atoms with Crippen molar-refractivity contribution in [3.63, 3.8) is 0 Å². The molecule has 0 amide bonds. The predicted octanol–water partition coefficient (Wildman–Crippen LogP) is 3.47. The summed E-state index contributed by atoms with van der Waals surface area (Å²) in [5.41, 5.74) is 0.328. The molecule has 0 aliphatic heterocycles. The van der Waals surface area contributed by atoms with Crippen LogP contribution in [-0.2, 0) is 0 Å². The molecule has 0 radical (unpaired) electrons. The van der Waals surface area contributed by atoms with Gasteiger partial charge in [-0.15, -0.1) is 0 Å². The minimum atomic E-state index is -0.919. The normalized spacial score (nSPS) is 10.9. The number of hydrogen-bond donors (Lipinski definition) is 0. The number of benzene rings is 1. The lowest BCUT2D eigenvalue weighted by molar-refractivity contribution is 0.502. The van der Waals surface area contributed by atoms with Gasteiger partial charge >= 0.3 is 0 Å². The standard InChI is InChI=1S/C8H3BrF2O/c9-6-7(11)5(10)3-4-1-2-12-8(4)6/h1-3H. The summed E-state index contributed by atoms with van der Waals surface area (Å²) in [5.74, 6) is -1.80. The van der Waals surface area contributed by atoms with Crippen LogP contribution >= 0.6 is 15.9 Å². The molecule has 0 N–H and O–H groups in total. The lowest BCUT2D eigenvalue weighted by Crippen LogP contribution is -1.84. The topological polar surface area (TPSA) is 13.1 Å². The molecule has 0 unspecified atom stereocenters. The molecule has 0 fully saturated rings. The first kappa shape index (κ1) is 7.73. The summed E-state index contributed by atoms with van der Waals surface area (Å²) >= 11 is 2.90. The fraction of sp³-hybridized carbons (Fsp3) is 0. The molecule has 1 heterocycles. The van der Waals surface area contributed by atoms with Crippen LogP contribution in [0, 0.1) is 11.6 Å². The second kappa shape index (κ2) is 2.55. The molecule has 0 bridgehead atoms. The third kappa shape index (κ3) is 0.948. The van der Waals surface area contributed by atoms with E-state index in [4.69, 9.17) is 4.42 Å². The summed E-state index contributed by atoms with van der Waals surface area (Å²) in [5, 5.41) is 0.542. The maximum Gasteiger partial charge on any atom is 0.176 e. The van der Waals surface area contributed by atoms with Crippen LogP contribution in [0.25, 0.3) is 11.0 Å². The van der Waals surface area contributed by atoms with Crippen molar-refractivity contribution in [2.75, 3.05) is 0 Å². The van der Waals surface area contributed by atoms with Gasteiger partial charge in [0, 0.05) is 5.39 Å². The highest BCUT2D eigenvalue weighted by Gasteiger charge is 2.12. The van der Waals surface area contributed by atoms with E-state index in [0.717, 1.165) is 6.07 Å². The smallest absolute Gasteiger partial charge is 0.176 e. The molecule has 0 spiro atoms. The van der Waals surface area contributed by atoms with E-state index < -0.39 is 11.6 Å². The third-order valence-corrected chi connectivity index (χ3v) is 2.29. The Morgan fingerprint density at radius 2 is 2.08 bits per heavy atom. The Hall–Kier alpha value is -0.900. The molecule has 1 aromatic heterocycles. The van der Waals surface area contributed by atoms with Gasteiger partial charge in [0.1, 0.15) is 0 Å². The van der Waals surface area contributed by atoms with Gasteiger partial charge in [-0.25, -0.2) is 8.78 Å². The van der Waals surface area contributed by atoms with Crippen molar-refractivity contribution in [2.24, 2.45) is 0 Å². The molecular formula is C8H3BrF2O. The van der Waals surface area contributed by atoms with Crippen molar-refractivity contribution in [3.8, 4) is 0 Å². The van der Waals surface area contributed by atoms with Crippen molar-refractivity contribution >= 4 is 26.9 Å². The minimum absolute atomic E-state index is 0.0301. The summed E-state index contributed by atoms with van der Waals surface area (Å²) in [6.45, 7) is 0. The van der Waals surface area contributed by atoms with E-state index in [0.29, 0.717) is 11.0 Å². The second-order valence-corrected chi connectivity index (χ2v) is 3.12. The SMILES string of the molecule is Fc1cc2ccoc2c(Br)c1F. The molecule has 0 aliphatic rings. The van der Waals surface area contributed by atoms with Crippen LogP contribution < -0.4 is 0 Å².